The molecule has 0 saturated heterocycles. The van der Waals surface area contributed by atoms with Crippen LogP contribution in [0.3, 0.4) is 0 Å². The van der Waals surface area contributed by atoms with Gasteiger partial charge in [0, 0.05) is 13.0 Å². The highest BCUT2D eigenvalue weighted by molar-refractivity contribution is 7.12. The van der Waals surface area contributed by atoms with Gasteiger partial charge in [0.15, 0.2) is 0 Å². The van der Waals surface area contributed by atoms with Crippen LogP contribution in [0.25, 0.3) is 23.2 Å². The number of thiazole rings is 1. The number of amides is 1. The second-order valence-electron chi connectivity index (χ2n) is 7.38. The second-order valence-corrected chi connectivity index (χ2v) is 8.49. The van der Waals surface area contributed by atoms with Crippen LogP contribution >= 0.6 is 11.3 Å². The number of rotatable bonds is 5. The van der Waals surface area contributed by atoms with E-state index in [-0.39, 0.29) is 18.4 Å². The van der Waals surface area contributed by atoms with Crippen molar-refractivity contribution in [3.8, 4) is 0 Å². The topological polar surface area (TPSA) is 90.6 Å². The molecular weight excluding hydrogens is 408 g/mol. The molecule has 1 aliphatic rings. The van der Waals surface area contributed by atoms with Gasteiger partial charge in [0.1, 0.15) is 16.9 Å². The van der Waals surface area contributed by atoms with Crippen LogP contribution in [0.15, 0.2) is 43.2 Å². The number of aromatic nitrogens is 5. The van der Waals surface area contributed by atoms with Crippen LogP contribution in [0.4, 0.5) is 0 Å². The summed E-state index contributed by atoms with van der Waals surface area (Å²) in [6.45, 7) is 6.39. The lowest BCUT2D eigenvalue weighted by Gasteiger charge is -2.33. The summed E-state index contributed by atoms with van der Waals surface area (Å²) in [7, 11) is 0. The van der Waals surface area contributed by atoms with Crippen LogP contribution in [0.5, 0.6) is 0 Å². The Hall–Kier alpha value is -3.52. The van der Waals surface area contributed by atoms with E-state index in [0.29, 0.717) is 13.0 Å². The normalized spacial score (nSPS) is 16.2. The zero-order valence-electron chi connectivity index (χ0n) is 17.1. The van der Waals surface area contributed by atoms with E-state index in [1.54, 1.807) is 12.4 Å². The third-order valence-corrected chi connectivity index (χ3v) is 6.49. The van der Waals surface area contributed by atoms with Crippen LogP contribution in [0.2, 0.25) is 0 Å². The molecule has 4 heterocycles. The molecule has 3 aromatic heterocycles. The van der Waals surface area contributed by atoms with Gasteiger partial charge in [-0.25, -0.2) is 15.0 Å². The van der Waals surface area contributed by atoms with E-state index in [1.165, 1.54) is 11.3 Å². The van der Waals surface area contributed by atoms with E-state index < -0.39 is 0 Å². The number of benzene rings is 1. The molecule has 0 aliphatic carbocycles. The molecular formula is C23H22N6OS. The van der Waals surface area contributed by atoms with Crippen molar-refractivity contribution in [2.24, 2.45) is 0 Å². The van der Waals surface area contributed by atoms with Crippen molar-refractivity contribution < 1.29 is 4.79 Å². The summed E-state index contributed by atoms with van der Waals surface area (Å²) in [5.74, 6) is 0.752. The first-order chi connectivity index (χ1) is 15.2. The maximum atomic E-state index is 13.4. The molecule has 156 valence electrons. The Morgan fingerprint density at radius 3 is 3.03 bits per heavy atom. The second kappa shape index (κ2) is 7.96. The van der Waals surface area contributed by atoms with Gasteiger partial charge in [-0.3, -0.25) is 4.79 Å². The fourth-order valence-electron chi connectivity index (χ4n) is 4.05. The zero-order valence-corrected chi connectivity index (χ0v) is 17.9. The fraction of sp³-hybridized carbons (Fsp3) is 0.217. The Labute approximate surface area is 183 Å². The molecule has 1 amide bonds. The molecule has 1 aliphatic heterocycles. The van der Waals surface area contributed by atoms with Crippen molar-refractivity contribution >= 4 is 40.4 Å². The lowest BCUT2D eigenvalue weighted by molar-refractivity contribution is -0.132. The van der Waals surface area contributed by atoms with Crippen LogP contribution in [0, 0.1) is 0 Å². The molecule has 4 aromatic rings. The Morgan fingerprint density at radius 1 is 1.35 bits per heavy atom. The molecule has 0 bridgehead atoms. The number of imidazole rings is 2. The zero-order chi connectivity index (χ0) is 21.4. The maximum absolute atomic E-state index is 13.4. The smallest absolute Gasteiger partial charge is 0.230 e. The number of aromatic amines is 2. The van der Waals surface area contributed by atoms with Gasteiger partial charge in [-0.1, -0.05) is 24.8 Å². The van der Waals surface area contributed by atoms with Gasteiger partial charge in [-0.05, 0) is 31.2 Å². The molecule has 2 N–H and O–H groups in total. The number of carbonyl (C=O) groups excluding carboxylic acids is 1. The molecule has 5 rings (SSSR count). The maximum Gasteiger partial charge on any atom is 0.230 e. The summed E-state index contributed by atoms with van der Waals surface area (Å²) >= 11 is 1.53. The lowest BCUT2D eigenvalue weighted by Crippen LogP contribution is -2.42. The van der Waals surface area contributed by atoms with Gasteiger partial charge in [0.05, 0.1) is 45.7 Å². The summed E-state index contributed by atoms with van der Waals surface area (Å²) in [6, 6.07) is 7.55. The van der Waals surface area contributed by atoms with E-state index in [9.17, 15) is 4.79 Å². The van der Waals surface area contributed by atoms with Crippen molar-refractivity contribution in [3.05, 3.63) is 76.0 Å². The average molecular weight is 431 g/mol. The molecule has 0 fully saturated rings. The first-order valence-electron chi connectivity index (χ1n) is 10.2. The predicted octanol–water partition coefficient (Wildman–Crippen LogP) is 4.14. The van der Waals surface area contributed by atoms with Crippen LogP contribution in [-0.2, 0) is 17.6 Å². The van der Waals surface area contributed by atoms with E-state index >= 15 is 0 Å². The molecule has 1 atom stereocenters. The van der Waals surface area contributed by atoms with Crippen molar-refractivity contribution in [1.29, 1.82) is 0 Å². The van der Waals surface area contributed by atoms with Gasteiger partial charge in [-0.2, -0.15) is 0 Å². The first-order valence-corrected chi connectivity index (χ1v) is 11.0. The lowest BCUT2D eigenvalue weighted by atomic mass is 10.0. The van der Waals surface area contributed by atoms with Crippen LogP contribution in [0.1, 0.15) is 45.8 Å². The van der Waals surface area contributed by atoms with Gasteiger partial charge in [-0.15, -0.1) is 11.3 Å². The van der Waals surface area contributed by atoms with E-state index in [1.807, 2.05) is 48.2 Å². The van der Waals surface area contributed by atoms with Gasteiger partial charge in [0.25, 0.3) is 0 Å². The summed E-state index contributed by atoms with van der Waals surface area (Å²) in [5, 5.41) is 0.784. The number of hydrogen-bond acceptors (Lipinski definition) is 5. The number of fused-ring (bicyclic) bond motifs is 2. The number of nitrogens with one attached hydrogen (secondary N) is 2. The number of carbonyl (C=O) groups is 1. The predicted molar refractivity (Wildman–Crippen MR) is 123 cm³/mol. The van der Waals surface area contributed by atoms with E-state index in [0.717, 1.165) is 43.8 Å². The number of allylic oxidation sites excluding steroid dienone is 1. The van der Waals surface area contributed by atoms with Gasteiger partial charge in [0.2, 0.25) is 5.91 Å². The van der Waals surface area contributed by atoms with E-state index in [4.69, 9.17) is 4.98 Å². The molecule has 8 heteroatoms. The van der Waals surface area contributed by atoms with Gasteiger partial charge >= 0.3 is 0 Å². The minimum atomic E-state index is -0.333. The van der Waals surface area contributed by atoms with Crippen molar-refractivity contribution in [2.45, 2.75) is 25.8 Å². The Kier molecular flexibility index (Phi) is 4.99. The molecule has 31 heavy (non-hydrogen) atoms. The largest absolute Gasteiger partial charge is 0.346 e. The van der Waals surface area contributed by atoms with Crippen LogP contribution < -0.4 is 0 Å². The molecule has 7 nitrogen and oxygen atoms in total. The van der Waals surface area contributed by atoms with Crippen molar-refractivity contribution in [3.63, 3.8) is 0 Å². The minimum absolute atomic E-state index is 0.0158. The molecule has 1 aromatic carbocycles. The minimum Gasteiger partial charge on any atom is -0.346 e. The summed E-state index contributed by atoms with van der Waals surface area (Å²) < 4.78 is 0. The summed E-state index contributed by atoms with van der Waals surface area (Å²) in [5.41, 5.74) is 4.53. The Bertz CT molecular complexity index is 1260. The van der Waals surface area contributed by atoms with Crippen molar-refractivity contribution in [1.82, 2.24) is 29.8 Å². The Balaban J connectivity index is 1.49. The highest BCUT2D eigenvalue weighted by atomic mass is 32.1. The van der Waals surface area contributed by atoms with Crippen molar-refractivity contribution in [2.75, 3.05) is 6.54 Å². The fourth-order valence-corrected chi connectivity index (χ4v) is 5.08. The quantitative estimate of drug-likeness (QED) is 0.498. The number of H-pyrrole nitrogens is 2. The number of para-hydroxylation sites is 2. The third kappa shape index (κ3) is 3.48. The van der Waals surface area contributed by atoms with Gasteiger partial charge < -0.3 is 14.9 Å². The molecule has 0 spiro atoms. The monoisotopic (exact) mass is 430 g/mol. The molecule has 0 saturated carbocycles. The highest BCUT2D eigenvalue weighted by Gasteiger charge is 2.36. The third-order valence-electron chi connectivity index (χ3n) is 5.45. The first kappa shape index (κ1) is 19.4. The van der Waals surface area contributed by atoms with Crippen LogP contribution in [-0.4, -0.2) is 42.3 Å². The number of nitrogens with zero attached hydrogens (tertiary/aromatic N) is 4. The molecule has 0 unspecified atom stereocenters. The summed E-state index contributed by atoms with van der Waals surface area (Å²) in [4.78, 5) is 36.8. The Morgan fingerprint density at radius 2 is 2.23 bits per heavy atom. The van der Waals surface area contributed by atoms with E-state index in [2.05, 4.69) is 26.5 Å². The standard InChI is InChI=1S/C23H22N6OS/c1-3-7-18-14(4-2)26-19(31-18)12-20(30)29-11-10-17-21(25-13-24-17)22(29)23-27-15-8-5-6-9-16(15)28-23/h3-9,13,22H,2,10-12H2,1H3,(H,24,25)(H,27,28)/b7-3-/t22-/m0/s1. The SMILES string of the molecule is C=Cc1nc(CC(=O)N2CCc3nc[nH]c3[C@H]2c2nc3ccccc3[nH]2)sc1/C=C\C. The summed E-state index contributed by atoms with van der Waals surface area (Å²) in [6.07, 6.45) is 8.33. The number of hydrogen-bond donors (Lipinski definition) is 2. The molecule has 0 radical (unpaired) electrons. The highest BCUT2D eigenvalue weighted by Crippen LogP contribution is 2.33. The average Bonchev–Trinajstić information content (AvgIpc) is 3.50.